The zero-order valence-corrected chi connectivity index (χ0v) is 8.53. The first kappa shape index (κ1) is 9.08. The standard InChI is InChI=1S/C9H10N4S/c1-7(9-12-4-5-14-9)13-8-6-10-2-3-11-8/h2-7H,1H3,(H,11,13). The van der Waals surface area contributed by atoms with Crippen LogP contribution in [0, 0.1) is 0 Å². The van der Waals surface area contributed by atoms with Crippen molar-refractivity contribution >= 4 is 17.2 Å². The fourth-order valence-corrected chi connectivity index (χ4v) is 1.75. The molecule has 0 aliphatic carbocycles. The predicted molar refractivity (Wildman–Crippen MR) is 56.2 cm³/mol. The lowest BCUT2D eigenvalue weighted by atomic mass is 10.3. The van der Waals surface area contributed by atoms with E-state index in [9.17, 15) is 0 Å². The van der Waals surface area contributed by atoms with Gasteiger partial charge in [0, 0.05) is 24.0 Å². The molecule has 2 rings (SSSR count). The number of aromatic nitrogens is 3. The first-order valence-corrected chi connectivity index (χ1v) is 5.16. The van der Waals surface area contributed by atoms with Gasteiger partial charge in [0.25, 0.3) is 0 Å². The average molecular weight is 206 g/mol. The van der Waals surface area contributed by atoms with Crippen LogP contribution in [-0.4, -0.2) is 15.0 Å². The van der Waals surface area contributed by atoms with Crippen molar-refractivity contribution in [1.29, 1.82) is 0 Å². The lowest BCUT2D eigenvalue weighted by Crippen LogP contribution is -2.07. The maximum Gasteiger partial charge on any atom is 0.145 e. The maximum absolute atomic E-state index is 4.22. The summed E-state index contributed by atoms with van der Waals surface area (Å²) in [7, 11) is 0. The van der Waals surface area contributed by atoms with Crippen LogP contribution in [0.15, 0.2) is 30.2 Å². The smallest absolute Gasteiger partial charge is 0.145 e. The third-order valence-corrected chi connectivity index (χ3v) is 2.71. The second kappa shape index (κ2) is 4.15. The topological polar surface area (TPSA) is 50.7 Å². The van der Waals surface area contributed by atoms with Gasteiger partial charge in [0.1, 0.15) is 10.8 Å². The second-order valence-electron chi connectivity index (χ2n) is 2.83. The van der Waals surface area contributed by atoms with Gasteiger partial charge in [-0.1, -0.05) is 0 Å². The number of anilines is 1. The Kier molecular flexibility index (Phi) is 2.69. The van der Waals surface area contributed by atoms with E-state index in [0.717, 1.165) is 10.8 Å². The first-order valence-electron chi connectivity index (χ1n) is 4.28. The highest BCUT2D eigenvalue weighted by molar-refractivity contribution is 7.09. The van der Waals surface area contributed by atoms with Crippen LogP contribution in [0.25, 0.3) is 0 Å². The molecule has 0 amide bonds. The summed E-state index contributed by atoms with van der Waals surface area (Å²) in [6.45, 7) is 2.05. The van der Waals surface area contributed by atoms with Gasteiger partial charge in [-0.2, -0.15) is 0 Å². The summed E-state index contributed by atoms with van der Waals surface area (Å²) in [5.41, 5.74) is 0. The van der Waals surface area contributed by atoms with Crippen molar-refractivity contribution < 1.29 is 0 Å². The van der Waals surface area contributed by atoms with E-state index in [2.05, 4.69) is 20.3 Å². The Bertz CT molecular complexity index is 373. The molecule has 5 heteroatoms. The molecular weight excluding hydrogens is 196 g/mol. The summed E-state index contributed by atoms with van der Waals surface area (Å²) >= 11 is 1.63. The monoisotopic (exact) mass is 206 g/mol. The normalized spacial score (nSPS) is 12.4. The molecule has 2 aromatic heterocycles. The molecule has 1 N–H and O–H groups in total. The Labute approximate surface area is 86.1 Å². The van der Waals surface area contributed by atoms with Crippen LogP contribution < -0.4 is 5.32 Å². The van der Waals surface area contributed by atoms with Gasteiger partial charge in [0.05, 0.1) is 12.2 Å². The number of nitrogens with zero attached hydrogens (tertiary/aromatic N) is 3. The SMILES string of the molecule is CC(Nc1cnccn1)c1nccs1. The molecule has 0 spiro atoms. The number of thiazole rings is 1. The summed E-state index contributed by atoms with van der Waals surface area (Å²) in [6, 6.07) is 0.173. The van der Waals surface area contributed by atoms with Crippen LogP contribution in [-0.2, 0) is 0 Å². The highest BCUT2D eigenvalue weighted by atomic mass is 32.1. The number of hydrogen-bond acceptors (Lipinski definition) is 5. The van der Waals surface area contributed by atoms with E-state index in [1.165, 1.54) is 0 Å². The third-order valence-electron chi connectivity index (χ3n) is 1.75. The molecule has 0 fully saturated rings. The van der Waals surface area contributed by atoms with Gasteiger partial charge in [-0.15, -0.1) is 11.3 Å². The van der Waals surface area contributed by atoms with Crippen molar-refractivity contribution in [2.45, 2.75) is 13.0 Å². The van der Waals surface area contributed by atoms with E-state index >= 15 is 0 Å². The van der Waals surface area contributed by atoms with Crippen LogP contribution >= 0.6 is 11.3 Å². The van der Waals surface area contributed by atoms with Gasteiger partial charge >= 0.3 is 0 Å². The van der Waals surface area contributed by atoms with Gasteiger partial charge in [-0.05, 0) is 6.92 Å². The molecule has 4 nitrogen and oxygen atoms in total. The zero-order valence-electron chi connectivity index (χ0n) is 7.71. The molecule has 0 saturated heterocycles. The fraction of sp³-hybridized carbons (Fsp3) is 0.222. The molecule has 0 aliphatic heterocycles. The van der Waals surface area contributed by atoms with Gasteiger partial charge in [0.15, 0.2) is 0 Å². The second-order valence-corrected chi connectivity index (χ2v) is 3.75. The van der Waals surface area contributed by atoms with E-state index < -0.39 is 0 Å². The Morgan fingerprint density at radius 3 is 2.86 bits per heavy atom. The summed E-state index contributed by atoms with van der Waals surface area (Å²) < 4.78 is 0. The lowest BCUT2D eigenvalue weighted by molar-refractivity contribution is 0.858. The van der Waals surface area contributed by atoms with E-state index in [0.29, 0.717) is 0 Å². The number of hydrogen-bond donors (Lipinski definition) is 1. The summed E-state index contributed by atoms with van der Waals surface area (Å²) in [6.07, 6.45) is 6.81. The van der Waals surface area contributed by atoms with Crippen molar-refractivity contribution in [1.82, 2.24) is 15.0 Å². The molecule has 72 valence electrons. The highest BCUT2D eigenvalue weighted by Gasteiger charge is 2.07. The Balaban J connectivity index is 2.06. The van der Waals surface area contributed by atoms with Gasteiger partial charge in [0.2, 0.25) is 0 Å². The van der Waals surface area contributed by atoms with Crippen molar-refractivity contribution in [2.24, 2.45) is 0 Å². The minimum absolute atomic E-state index is 0.173. The molecule has 0 aliphatic rings. The molecule has 0 aromatic carbocycles. The molecular formula is C9H10N4S. The van der Waals surface area contributed by atoms with Crippen LogP contribution in [0.5, 0.6) is 0 Å². The molecule has 1 unspecified atom stereocenters. The van der Waals surface area contributed by atoms with E-state index in [-0.39, 0.29) is 6.04 Å². The molecule has 2 heterocycles. The summed E-state index contributed by atoms with van der Waals surface area (Å²) in [4.78, 5) is 12.3. The van der Waals surface area contributed by atoms with Crippen LogP contribution in [0.4, 0.5) is 5.82 Å². The number of nitrogens with one attached hydrogen (secondary N) is 1. The van der Waals surface area contributed by atoms with Crippen molar-refractivity contribution in [3.8, 4) is 0 Å². The van der Waals surface area contributed by atoms with Gasteiger partial charge in [-0.25, -0.2) is 9.97 Å². The average Bonchev–Trinajstić information content (AvgIpc) is 2.72. The lowest BCUT2D eigenvalue weighted by Gasteiger charge is -2.10. The molecule has 1 atom stereocenters. The molecule has 14 heavy (non-hydrogen) atoms. The van der Waals surface area contributed by atoms with Gasteiger partial charge in [-0.3, -0.25) is 4.98 Å². The molecule has 2 aromatic rings. The Morgan fingerprint density at radius 2 is 2.21 bits per heavy atom. The summed E-state index contributed by atoms with van der Waals surface area (Å²) in [5.74, 6) is 0.773. The quantitative estimate of drug-likeness (QED) is 0.835. The van der Waals surface area contributed by atoms with E-state index in [1.807, 2.05) is 12.3 Å². The third kappa shape index (κ3) is 2.05. The highest BCUT2D eigenvalue weighted by Crippen LogP contribution is 2.18. The molecule has 0 bridgehead atoms. The minimum Gasteiger partial charge on any atom is -0.360 e. The Hall–Kier alpha value is -1.49. The van der Waals surface area contributed by atoms with Crippen LogP contribution in [0.2, 0.25) is 0 Å². The van der Waals surface area contributed by atoms with Crippen molar-refractivity contribution in [3.63, 3.8) is 0 Å². The number of rotatable bonds is 3. The van der Waals surface area contributed by atoms with Crippen LogP contribution in [0.1, 0.15) is 18.0 Å². The fourth-order valence-electron chi connectivity index (χ4n) is 1.11. The Morgan fingerprint density at radius 1 is 1.29 bits per heavy atom. The van der Waals surface area contributed by atoms with Crippen LogP contribution in [0.3, 0.4) is 0 Å². The van der Waals surface area contributed by atoms with Gasteiger partial charge < -0.3 is 5.32 Å². The zero-order chi connectivity index (χ0) is 9.80. The maximum atomic E-state index is 4.22. The van der Waals surface area contributed by atoms with E-state index in [1.54, 1.807) is 36.1 Å². The largest absolute Gasteiger partial charge is 0.360 e. The van der Waals surface area contributed by atoms with Crippen molar-refractivity contribution in [2.75, 3.05) is 5.32 Å². The van der Waals surface area contributed by atoms with Crippen molar-refractivity contribution in [3.05, 3.63) is 35.2 Å². The predicted octanol–water partition coefficient (Wildman–Crippen LogP) is 2.11. The molecule has 0 saturated carbocycles. The van der Waals surface area contributed by atoms with E-state index in [4.69, 9.17) is 0 Å². The molecule has 0 radical (unpaired) electrons. The first-order chi connectivity index (χ1) is 6.86. The summed E-state index contributed by atoms with van der Waals surface area (Å²) in [5, 5.41) is 6.23. The minimum atomic E-state index is 0.173.